The number of rotatable bonds is 6. The Morgan fingerprint density at radius 2 is 2.11 bits per heavy atom. The van der Waals surface area contributed by atoms with E-state index < -0.39 is 26.7 Å². The smallest absolute Gasteiger partial charge is 0.303 e. The van der Waals surface area contributed by atoms with E-state index in [1.165, 1.54) is 25.2 Å². The van der Waals surface area contributed by atoms with Gasteiger partial charge in [-0.3, -0.25) is 4.79 Å². The van der Waals surface area contributed by atoms with Gasteiger partial charge in [-0.05, 0) is 34.5 Å². The minimum atomic E-state index is -3.95. The Balaban J connectivity index is 2.91. The third-order valence-corrected chi connectivity index (χ3v) is 4.95. The number of nitrogens with zero attached hydrogens (tertiary/aromatic N) is 1. The molecule has 0 aliphatic carbocycles. The van der Waals surface area contributed by atoms with Crippen LogP contribution in [-0.2, 0) is 14.8 Å². The van der Waals surface area contributed by atoms with E-state index in [1.807, 2.05) is 0 Å². The predicted molar refractivity (Wildman–Crippen MR) is 70.8 cm³/mol. The molecule has 0 fully saturated rings. The Bertz CT molecular complexity index is 576. The molecule has 0 heterocycles. The second-order valence-corrected chi connectivity index (χ2v) is 6.74. The van der Waals surface area contributed by atoms with Gasteiger partial charge in [-0.25, -0.2) is 17.1 Å². The maximum atomic E-state index is 13.8. The maximum Gasteiger partial charge on any atom is 0.303 e. The monoisotopic (exact) mass is 353 g/mol. The molecule has 1 rings (SSSR count). The standard InChI is InChI=1S/C11H13BrFNO4S/c1-14(7-3-6-10(15)16)19(17,18)9-5-2-4-8(12)11(9)13/h2,4-5H,3,6-7H2,1H3,(H,15,16). The number of carboxylic acids is 1. The second-order valence-electron chi connectivity index (χ2n) is 3.88. The van der Waals surface area contributed by atoms with Crippen molar-refractivity contribution in [3.05, 3.63) is 28.5 Å². The fourth-order valence-corrected chi connectivity index (χ4v) is 3.21. The molecule has 1 N–H and O–H groups in total. The highest BCUT2D eigenvalue weighted by Crippen LogP contribution is 2.24. The van der Waals surface area contributed by atoms with Gasteiger partial charge in [-0.15, -0.1) is 0 Å². The largest absolute Gasteiger partial charge is 0.481 e. The van der Waals surface area contributed by atoms with E-state index in [0.29, 0.717) is 0 Å². The molecule has 0 aliphatic heterocycles. The molecule has 0 aliphatic rings. The Morgan fingerprint density at radius 3 is 2.68 bits per heavy atom. The van der Waals surface area contributed by atoms with E-state index in [-0.39, 0.29) is 23.9 Å². The van der Waals surface area contributed by atoms with E-state index in [0.717, 1.165) is 4.31 Å². The molecule has 0 unspecified atom stereocenters. The van der Waals surface area contributed by atoms with E-state index in [4.69, 9.17) is 5.11 Å². The summed E-state index contributed by atoms with van der Waals surface area (Å²) in [5.41, 5.74) is 0. The van der Waals surface area contributed by atoms with Crippen LogP contribution in [0.25, 0.3) is 0 Å². The van der Waals surface area contributed by atoms with Crippen molar-refractivity contribution in [2.24, 2.45) is 0 Å². The molecule has 106 valence electrons. The minimum absolute atomic E-state index is 0.0145. The Labute approximate surface area is 119 Å². The second kappa shape index (κ2) is 6.44. The predicted octanol–water partition coefficient (Wildman–Crippen LogP) is 2.07. The third kappa shape index (κ3) is 3.99. The quantitative estimate of drug-likeness (QED) is 0.849. The highest BCUT2D eigenvalue weighted by Gasteiger charge is 2.25. The lowest BCUT2D eigenvalue weighted by molar-refractivity contribution is -0.137. The summed E-state index contributed by atoms with van der Waals surface area (Å²) in [5.74, 6) is -1.85. The van der Waals surface area contributed by atoms with E-state index in [9.17, 15) is 17.6 Å². The van der Waals surface area contributed by atoms with Crippen LogP contribution in [-0.4, -0.2) is 37.4 Å². The summed E-state index contributed by atoms with van der Waals surface area (Å²) in [6, 6.07) is 3.99. The van der Waals surface area contributed by atoms with Crippen molar-refractivity contribution in [3.8, 4) is 0 Å². The van der Waals surface area contributed by atoms with Gasteiger partial charge >= 0.3 is 5.97 Å². The lowest BCUT2D eigenvalue weighted by Crippen LogP contribution is -2.29. The van der Waals surface area contributed by atoms with Crippen molar-refractivity contribution >= 4 is 31.9 Å². The number of benzene rings is 1. The molecule has 5 nitrogen and oxygen atoms in total. The number of halogens is 2. The summed E-state index contributed by atoms with van der Waals surface area (Å²) < 4.78 is 39.0. The van der Waals surface area contributed by atoms with Gasteiger partial charge < -0.3 is 5.11 Å². The van der Waals surface area contributed by atoms with Crippen LogP contribution in [0.3, 0.4) is 0 Å². The fraction of sp³-hybridized carbons (Fsp3) is 0.364. The van der Waals surface area contributed by atoms with Gasteiger partial charge in [-0.1, -0.05) is 6.07 Å². The number of hydrogen-bond acceptors (Lipinski definition) is 3. The molecule has 8 heteroatoms. The zero-order valence-corrected chi connectivity index (χ0v) is 12.5. The van der Waals surface area contributed by atoms with Crippen LogP contribution < -0.4 is 0 Å². The Hall–Kier alpha value is -0.990. The normalized spacial score (nSPS) is 11.8. The SMILES string of the molecule is CN(CCCC(=O)O)S(=O)(=O)c1cccc(Br)c1F. The summed E-state index contributed by atoms with van der Waals surface area (Å²) >= 11 is 2.92. The van der Waals surface area contributed by atoms with Crippen molar-refractivity contribution in [2.75, 3.05) is 13.6 Å². The maximum absolute atomic E-state index is 13.8. The molecule has 0 saturated heterocycles. The average Bonchev–Trinajstić information content (AvgIpc) is 2.31. The fourth-order valence-electron chi connectivity index (χ4n) is 1.42. The zero-order valence-electron chi connectivity index (χ0n) is 10.1. The van der Waals surface area contributed by atoms with Gasteiger partial charge in [0, 0.05) is 20.0 Å². The van der Waals surface area contributed by atoms with Gasteiger partial charge in [-0.2, -0.15) is 0 Å². The van der Waals surface area contributed by atoms with Gasteiger partial charge in [0.25, 0.3) is 0 Å². The van der Waals surface area contributed by atoms with Crippen LogP contribution in [0.2, 0.25) is 0 Å². The van der Waals surface area contributed by atoms with Crippen LogP contribution in [0.15, 0.2) is 27.6 Å². The summed E-state index contributed by atoms with van der Waals surface area (Å²) in [5, 5.41) is 8.49. The Morgan fingerprint density at radius 1 is 1.47 bits per heavy atom. The molecular weight excluding hydrogens is 341 g/mol. The average molecular weight is 354 g/mol. The van der Waals surface area contributed by atoms with E-state index in [1.54, 1.807) is 0 Å². The topological polar surface area (TPSA) is 74.7 Å². The molecule has 0 bridgehead atoms. The molecule has 0 saturated carbocycles. The number of carboxylic acid groups (broad SMARTS) is 1. The molecule has 19 heavy (non-hydrogen) atoms. The highest BCUT2D eigenvalue weighted by molar-refractivity contribution is 9.10. The molecule has 0 spiro atoms. The first-order valence-electron chi connectivity index (χ1n) is 5.39. The van der Waals surface area contributed by atoms with Crippen LogP contribution in [0, 0.1) is 5.82 Å². The van der Waals surface area contributed by atoms with E-state index >= 15 is 0 Å². The van der Waals surface area contributed by atoms with Crippen molar-refractivity contribution in [3.63, 3.8) is 0 Å². The van der Waals surface area contributed by atoms with Crippen molar-refractivity contribution in [2.45, 2.75) is 17.7 Å². The molecular formula is C11H13BrFNO4S. The highest BCUT2D eigenvalue weighted by atomic mass is 79.9. The van der Waals surface area contributed by atoms with Gasteiger partial charge in [0.05, 0.1) is 4.47 Å². The first kappa shape index (κ1) is 16.1. The van der Waals surface area contributed by atoms with E-state index in [2.05, 4.69) is 15.9 Å². The number of carbonyl (C=O) groups is 1. The van der Waals surface area contributed by atoms with Crippen LogP contribution >= 0.6 is 15.9 Å². The molecule has 0 aromatic heterocycles. The van der Waals surface area contributed by atoms with Crippen LogP contribution in [0.1, 0.15) is 12.8 Å². The number of hydrogen-bond donors (Lipinski definition) is 1. The van der Waals surface area contributed by atoms with Crippen molar-refractivity contribution in [1.29, 1.82) is 0 Å². The Kier molecular flexibility index (Phi) is 5.45. The van der Waals surface area contributed by atoms with Gasteiger partial charge in [0.2, 0.25) is 10.0 Å². The third-order valence-electron chi connectivity index (χ3n) is 2.47. The molecule has 1 aromatic rings. The molecule has 0 radical (unpaired) electrons. The van der Waals surface area contributed by atoms with Crippen LogP contribution in [0.4, 0.5) is 4.39 Å². The van der Waals surface area contributed by atoms with Crippen LogP contribution in [0.5, 0.6) is 0 Å². The van der Waals surface area contributed by atoms with Gasteiger partial charge in [0.15, 0.2) is 5.82 Å². The summed E-state index contributed by atoms with van der Waals surface area (Å²) in [6.45, 7) is 0.0145. The zero-order chi connectivity index (χ0) is 14.6. The lowest BCUT2D eigenvalue weighted by atomic mass is 10.3. The van der Waals surface area contributed by atoms with Gasteiger partial charge in [0.1, 0.15) is 4.90 Å². The molecule has 0 atom stereocenters. The van der Waals surface area contributed by atoms with Crippen molar-refractivity contribution < 1.29 is 22.7 Å². The molecule has 1 aromatic carbocycles. The lowest BCUT2D eigenvalue weighted by Gasteiger charge is -2.17. The number of aliphatic carboxylic acids is 1. The minimum Gasteiger partial charge on any atom is -0.481 e. The summed E-state index contributed by atoms with van der Waals surface area (Å²) in [4.78, 5) is 9.93. The van der Waals surface area contributed by atoms with Crippen molar-refractivity contribution in [1.82, 2.24) is 4.31 Å². The number of sulfonamides is 1. The summed E-state index contributed by atoms with van der Waals surface area (Å²) in [6.07, 6.45) is 0.0293. The summed E-state index contributed by atoms with van der Waals surface area (Å²) in [7, 11) is -2.67. The first-order chi connectivity index (χ1) is 8.76. The first-order valence-corrected chi connectivity index (χ1v) is 7.62. The molecule has 0 amide bonds.